The summed E-state index contributed by atoms with van der Waals surface area (Å²) in [7, 11) is 0. The zero-order chi connectivity index (χ0) is 21.8. The molecule has 9 heteroatoms. The van der Waals surface area contributed by atoms with Crippen molar-refractivity contribution in [1.82, 2.24) is 9.97 Å². The molecule has 1 aromatic carbocycles. The zero-order valence-corrected chi connectivity index (χ0v) is 18.0. The molecule has 1 fully saturated rings. The lowest BCUT2D eigenvalue weighted by atomic mass is 9.95. The van der Waals surface area contributed by atoms with Gasteiger partial charge in [0.2, 0.25) is 11.8 Å². The number of rotatable bonds is 8. The van der Waals surface area contributed by atoms with Gasteiger partial charge in [0.15, 0.2) is 0 Å². The van der Waals surface area contributed by atoms with E-state index in [0.29, 0.717) is 36.2 Å². The second-order valence-corrected chi connectivity index (χ2v) is 8.73. The summed E-state index contributed by atoms with van der Waals surface area (Å²) in [6.07, 6.45) is 4.38. The molecule has 2 aromatic heterocycles. The summed E-state index contributed by atoms with van der Waals surface area (Å²) < 4.78 is 30.9. The SMILES string of the molecule is Cc1oc(-c2ccc(F)cc2)nc1CO[C@H]1CCC[C@@H](OCCc2sc(=O)[nH]c2O)C1. The molecule has 31 heavy (non-hydrogen) atoms. The van der Waals surface area contributed by atoms with E-state index in [1.807, 2.05) is 6.92 Å². The third kappa shape index (κ3) is 5.61. The first kappa shape index (κ1) is 21.7. The van der Waals surface area contributed by atoms with E-state index >= 15 is 0 Å². The number of thiazole rings is 1. The summed E-state index contributed by atoms with van der Waals surface area (Å²) >= 11 is 1.01. The smallest absolute Gasteiger partial charge is 0.307 e. The predicted octanol–water partition coefficient (Wildman–Crippen LogP) is 4.33. The number of hydrogen-bond acceptors (Lipinski definition) is 7. The number of H-pyrrole nitrogens is 1. The molecular weight excluding hydrogens is 423 g/mol. The lowest BCUT2D eigenvalue weighted by Gasteiger charge is -2.29. The van der Waals surface area contributed by atoms with Crippen molar-refractivity contribution in [3.05, 3.63) is 56.1 Å². The molecule has 2 heterocycles. The fourth-order valence-electron chi connectivity index (χ4n) is 3.72. The van der Waals surface area contributed by atoms with Gasteiger partial charge in [0.05, 0.1) is 30.3 Å². The van der Waals surface area contributed by atoms with Crippen LogP contribution < -0.4 is 4.87 Å². The Bertz CT molecular complexity index is 1060. The van der Waals surface area contributed by atoms with Gasteiger partial charge in [-0.25, -0.2) is 9.37 Å². The highest BCUT2D eigenvalue weighted by Crippen LogP contribution is 2.27. The summed E-state index contributed by atoms with van der Waals surface area (Å²) in [4.78, 5) is 18.5. The number of hydrogen-bond donors (Lipinski definition) is 2. The summed E-state index contributed by atoms with van der Waals surface area (Å²) in [6, 6.07) is 6.04. The van der Waals surface area contributed by atoms with Crippen LogP contribution in [-0.2, 0) is 22.5 Å². The minimum Gasteiger partial charge on any atom is -0.494 e. The number of aromatic nitrogens is 2. The maximum atomic E-state index is 13.1. The van der Waals surface area contributed by atoms with Crippen LogP contribution in [0.15, 0.2) is 33.5 Å². The van der Waals surface area contributed by atoms with Crippen LogP contribution in [0.5, 0.6) is 5.88 Å². The molecule has 1 aliphatic rings. The van der Waals surface area contributed by atoms with E-state index in [0.717, 1.165) is 48.3 Å². The Morgan fingerprint density at radius 1 is 1.26 bits per heavy atom. The fraction of sp³-hybridized carbons (Fsp3) is 0.455. The second kappa shape index (κ2) is 9.76. The molecule has 2 N–H and O–H groups in total. The molecule has 1 saturated carbocycles. The van der Waals surface area contributed by atoms with Crippen molar-refractivity contribution in [2.75, 3.05) is 6.61 Å². The Morgan fingerprint density at radius 2 is 2.00 bits per heavy atom. The Hall–Kier alpha value is -2.49. The van der Waals surface area contributed by atoms with Crippen LogP contribution in [0.2, 0.25) is 0 Å². The van der Waals surface area contributed by atoms with Crippen LogP contribution in [-0.4, -0.2) is 33.9 Å². The van der Waals surface area contributed by atoms with Crippen LogP contribution in [0.3, 0.4) is 0 Å². The Balaban J connectivity index is 1.26. The molecule has 2 atom stereocenters. The van der Waals surface area contributed by atoms with Gasteiger partial charge >= 0.3 is 4.87 Å². The van der Waals surface area contributed by atoms with Crippen molar-refractivity contribution < 1.29 is 23.4 Å². The molecule has 0 saturated heterocycles. The van der Waals surface area contributed by atoms with Crippen molar-refractivity contribution in [2.45, 2.75) is 57.8 Å². The van der Waals surface area contributed by atoms with Gasteiger partial charge in [-0.3, -0.25) is 9.78 Å². The van der Waals surface area contributed by atoms with Crippen molar-refractivity contribution in [3.8, 4) is 17.3 Å². The average molecular weight is 449 g/mol. The van der Waals surface area contributed by atoms with Gasteiger partial charge in [-0.15, -0.1) is 0 Å². The second-order valence-electron chi connectivity index (χ2n) is 7.66. The van der Waals surface area contributed by atoms with Crippen molar-refractivity contribution in [1.29, 1.82) is 0 Å². The third-order valence-corrected chi connectivity index (χ3v) is 6.33. The Morgan fingerprint density at radius 3 is 2.71 bits per heavy atom. The molecule has 0 radical (unpaired) electrons. The Kier molecular flexibility index (Phi) is 6.84. The van der Waals surface area contributed by atoms with Gasteiger partial charge in [-0.1, -0.05) is 11.3 Å². The number of nitrogens with zero attached hydrogens (tertiary/aromatic N) is 1. The monoisotopic (exact) mass is 448 g/mol. The van der Waals surface area contributed by atoms with Gasteiger partial charge in [0, 0.05) is 12.0 Å². The van der Waals surface area contributed by atoms with Gasteiger partial charge in [0.25, 0.3) is 0 Å². The van der Waals surface area contributed by atoms with Gasteiger partial charge in [-0.05, 0) is 56.9 Å². The third-order valence-electron chi connectivity index (χ3n) is 5.40. The zero-order valence-electron chi connectivity index (χ0n) is 17.2. The first-order valence-corrected chi connectivity index (χ1v) is 11.2. The fourth-order valence-corrected chi connectivity index (χ4v) is 4.42. The molecule has 0 unspecified atom stereocenters. The number of halogens is 1. The van der Waals surface area contributed by atoms with E-state index in [1.165, 1.54) is 12.1 Å². The van der Waals surface area contributed by atoms with Crippen LogP contribution in [0, 0.1) is 12.7 Å². The molecular formula is C22H25FN2O5S. The highest BCUT2D eigenvalue weighted by Gasteiger charge is 2.24. The lowest BCUT2D eigenvalue weighted by molar-refractivity contribution is -0.0503. The van der Waals surface area contributed by atoms with Crippen LogP contribution in [0.25, 0.3) is 11.5 Å². The topological polar surface area (TPSA) is 97.6 Å². The van der Waals surface area contributed by atoms with Gasteiger partial charge in [-0.2, -0.15) is 0 Å². The quantitative estimate of drug-likeness (QED) is 0.532. The number of benzene rings is 1. The largest absolute Gasteiger partial charge is 0.494 e. The first-order chi connectivity index (χ1) is 15.0. The number of ether oxygens (including phenoxy) is 2. The number of aromatic amines is 1. The summed E-state index contributed by atoms with van der Waals surface area (Å²) in [5.41, 5.74) is 1.46. The van der Waals surface area contributed by atoms with E-state index in [2.05, 4.69) is 9.97 Å². The molecule has 7 nitrogen and oxygen atoms in total. The number of nitrogens with one attached hydrogen (secondary N) is 1. The molecule has 0 spiro atoms. The van der Waals surface area contributed by atoms with E-state index in [-0.39, 0.29) is 28.8 Å². The molecule has 166 valence electrons. The van der Waals surface area contributed by atoms with E-state index in [1.54, 1.807) is 12.1 Å². The molecule has 3 aromatic rings. The minimum atomic E-state index is -0.301. The molecule has 0 bridgehead atoms. The standard InChI is InChI=1S/C22H25FN2O5S/c1-13-18(24-21(30-13)14-5-7-15(23)8-6-14)12-29-17-4-2-3-16(11-17)28-10-9-19-20(26)25-22(27)31-19/h5-8,16-17,26H,2-4,9-12H2,1H3,(H,25,27)/t16-,17+/m1/s1. The predicted molar refractivity (Wildman–Crippen MR) is 114 cm³/mol. The number of oxazole rings is 1. The molecule has 0 amide bonds. The van der Waals surface area contributed by atoms with Crippen LogP contribution in [0.1, 0.15) is 42.0 Å². The van der Waals surface area contributed by atoms with Gasteiger partial charge in [0.1, 0.15) is 17.3 Å². The van der Waals surface area contributed by atoms with E-state index in [4.69, 9.17) is 13.9 Å². The van der Waals surface area contributed by atoms with Crippen LogP contribution in [0.4, 0.5) is 4.39 Å². The Labute approximate surface area is 182 Å². The lowest BCUT2D eigenvalue weighted by Crippen LogP contribution is -2.28. The van der Waals surface area contributed by atoms with Crippen molar-refractivity contribution in [3.63, 3.8) is 0 Å². The molecule has 1 aliphatic carbocycles. The highest BCUT2D eigenvalue weighted by molar-refractivity contribution is 7.09. The average Bonchev–Trinajstić information content (AvgIpc) is 3.28. The van der Waals surface area contributed by atoms with Crippen molar-refractivity contribution >= 4 is 11.3 Å². The highest BCUT2D eigenvalue weighted by atomic mass is 32.1. The normalized spacial score (nSPS) is 19.0. The molecule has 0 aliphatic heterocycles. The van der Waals surface area contributed by atoms with E-state index in [9.17, 15) is 14.3 Å². The van der Waals surface area contributed by atoms with Crippen LogP contribution >= 0.6 is 11.3 Å². The summed E-state index contributed by atoms with van der Waals surface area (Å²) in [5.74, 6) is 0.779. The number of aromatic hydroxyl groups is 1. The minimum absolute atomic E-state index is 0.0635. The maximum Gasteiger partial charge on any atom is 0.307 e. The van der Waals surface area contributed by atoms with Crippen molar-refractivity contribution in [2.24, 2.45) is 0 Å². The maximum absolute atomic E-state index is 13.1. The number of aryl methyl sites for hydroxylation is 1. The van der Waals surface area contributed by atoms with Gasteiger partial charge < -0.3 is 19.0 Å². The summed E-state index contributed by atoms with van der Waals surface area (Å²) in [6.45, 7) is 2.64. The summed E-state index contributed by atoms with van der Waals surface area (Å²) in [5, 5.41) is 9.65. The van der Waals surface area contributed by atoms with E-state index < -0.39 is 0 Å². The first-order valence-electron chi connectivity index (χ1n) is 10.3. The molecule has 4 rings (SSSR count).